The van der Waals surface area contributed by atoms with Crippen molar-refractivity contribution in [2.24, 2.45) is 0 Å². The molecule has 0 amide bonds. The van der Waals surface area contributed by atoms with Gasteiger partial charge >= 0.3 is 0 Å². The maximum Gasteiger partial charge on any atom is 0.0991 e. The number of nitrogens with zero attached hydrogens (tertiary/aromatic N) is 2. The first kappa shape index (κ1) is 20.3. The second kappa shape index (κ2) is 7.20. The first-order valence-corrected chi connectivity index (χ1v) is 12.5. The third-order valence-corrected chi connectivity index (χ3v) is 8.18. The van der Waals surface area contributed by atoms with Gasteiger partial charge in [-0.1, -0.05) is 68.4 Å². The number of nitriles is 1. The Bertz CT molecular complexity index is 1720. The monoisotopic (exact) mass is 450 g/mol. The van der Waals surface area contributed by atoms with Crippen molar-refractivity contribution in [1.29, 1.82) is 5.26 Å². The molecule has 35 heavy (non-hydrogen) atoms. The van der Waals surface area contributed by atoms with Gasteiger partial charge in [0.15, 0.2) is 0 Å². The van der Waals surface area contributed by atoms with Gasteiger partial charge in [0.05, 0.1) is 11.6 Å². The van der Waals surface area contributed by atoms with Crippen LogP contribution in [0.1, 0.15) is 42.5 Å². The van der Waals surface area contributed by atoms with Crippen LogP contribution >= 0.6 is 0 Å². The van der Waals surface area contributed by atoms with Gasteiger partial charge < -0.3 is 4.90 Å². The Balaban J connectivity index is 1.42. The second-order valence-electron chi connectivity index (χ2n) is 10.4. The number of benzene rings is 5. The third kappa shape index (κ3) is 2.82. The van der Waals surface area contributed by atoms with E-state index in [-0.39, 0.29) is 5.41 Å². The van der Waals surface area contributed by atoms with Crippen molar-refractivity contribution in [3.05, 3.63) is 107 Å². The fraction of sp³-hybridized carbons (Fsp3) is 0.182. The number of rotatable bonds is 1. The fourth-order valence-corrected chi connectivity index (χ4v) is 6.41. The number of hydrogen-bond acceptors (Lipinski definition) is 2. The molecule has 5 aromatic carbocycles. The smallest absolute Gasteiger partial charge is 0.0991 e. The van der Waals surface area contributed by atoms with Crippen molar-refractivity contribution in [1.82, 2.24) is 0 Å². The minimum atomic E-state index is -0.0657. The Kier molecular flexibility index (Phi) is 4.18. The van der Waals surface area contributed by atoms with Crippen molar-refractivity contribution >= 4 is 32.9 Å². The molecule has 0 spiro atoms. The van der Waals surface area contributed by atoms with Crippen molar-refractivity contribution in [3.63, 3.8) is 0 Å². The highest BCUT2D eigenvalue weighted by Crippen LogP contribution is 2.53. The van der Waals surface area contributed by atoms with E-state index in [0.29, 0.717) is 0 Å². The predicted octanol–water partition coefficient (Wildman–Crippen LogP) is 8.26. The van der Waals surface area contributed by atoms with E-state index >= 15 is 0 Å². The molecule has 0 saturated heterocycles. The normalized spacial score (nSPS) is 15.5. The molecule has 0 fully saturated rings. The summed E-state index contributed by atoms with van der Waals surface area (Å²) in [6.07, 6.45) is 2.13. The summed E-state index contributed by atoms with van der Waals surface area (Å²) >= 11 is 0. The van der Waals surface area contributed by atoms with Gasteiger partial charge in [-0.2, -0.15) is 5.26 Å². The van der Waals surface area contributed by atoms with Crippen LogP contribution in [-0.2, 0) is 11.8 Å². The van der Waals surface area contributed by atoms with Crippen molar-refractivity contribution in [2.45, 2.75) is 32.1 Å². The molecule has 0 radical (unpaired) electrons. The topological polar surface area (TPSA) is 27.0 Å². The molecule has 0 aromatic heterocycles. The molecule has 1 heterocycles. The van der Waals surface area contributed by atoms with Crippen LogP contribution in [0.5, 0.6) is 0 Å². The summed E-state index contributed by atoms with van der Waals surface area (Å²) in [7, 11) is 0. The molecule has 5 aromatic rings. The average molecular weight is 451 g/mol. The minimum Gasteiger partial charge on any atom is -0.341 e. The Morgan fingerprint density at radius 3 is 2.54 bits per heavy atom. The Hall–Kier alpha value is -4.09. The molecule has 0 saturated carbocycles. The molecule has 0 atom stereocenters. The van der Waals surface area contributed by atoms with E-state index in [2.05, 4.69) is 104 Å². The summed E-state index contributed by atoms with van der Waals surface area (Å²) in [5.74, 6) is 0. The number of hydrogen-bond donors (Lipinski definition) is 0. The van der Waals surface area contributed by atoms with Crippen molar-refractivity contribution in [3.8, 4) is 17.2 Å². The standard InChI is InChI=1S/C33H26N2/c1-33(2)29-15-14-26-25-8-4-3-6-22(25)10-12-27(26)32(29)28-13-11-24(19-30(28)33)35-17-5-7-23-18-21(20-34)9-16-31(23)35/h3-4,6,8-16,18-19H,5,7,17H2,1-2H3. The zero-order valence-corrected chi connectivity index (χ0v) is 20.1. The number of aryl methyl sites for hydroxylation is 1. The van der Waals surface area contributed by atoms with Crippen molar-refractivity contribution in [2.75, 3.05) is 11.4 Å². The van der Waals surface area contributed by atoms with E-state index in [1.165, 1.54) is 60.7 Å². The van der Waals surface area contributed by atoms with E-state index in [4.69, 9.17) is 0 Å². The lowest BCUT2D eigenvalue weighted by atomic mass is 9.81. The predicted molar refractivity (Wildman–Crippen MR) is 146 cm³/mol. The first-order chi connectivity index (χ1) is 17.1. The fourth-order valence-electron chi connectivity index (χ4n) is 6.41. The van der Waals surface area contributed by atoms with Gasteiger partial charge in [0.2, 0.25) is 0 Å². The first-order valence-electron chi connectivity index (χ1n) is 12.5. The number of fused-ring (bicyclic) bond motifs is 8. The molecule has 0 unspecified atom stereocenters. The van der Waals surface area contributed by atoms with Crippen LogP contribution in [0.4, 0.5) is 11.4 Å². The summed E-state index contributed by atoms with van der Waals surface area (Å²) in [5, 5.41) is 14.6. The Morgan fingerprint density at radius 2 is 1.66 bits per heavy atom. The van der Waals surface area contributed by atoms with Crippen LogP contribution in [0, 0.1) is 11.3 Å². The van der Waals surface area contributed by atoms with E-state index in [9.17, 15) is 5.26 Å². The van der Waals surface area contributed by atoms with Gasteiger partial charge in [-0.05, 0) is 92.5 Å². The molecular weight excluding hydrogens is 424 g/mol. The zero-order chi connectivity index (χ0) is 23.7. The summed E-state index contributed by atoms with van der Waals surface area (Å²) in [6, 6.07) is 33.4. The van der Waals surface area contributed by atoms with E-state index in [1.54, 1.807) is 0 Å². The molecule has 1 aliphatic carbocycles. The largest absolute Gasteiger partial charge is 0.341 e. The van der Waals surface area contributed by atoms with Crippen molar-refractivity contribution < 1.29 is 0 Å². The van der Waals surface area contributed by atoms with Gasteiger partial charge in [-0.3, -0.25) is 0 Å². The van der Waals surface area contributed by atoms with Gasteiger partial charge in [0.25, 0.3) is 0 Å². The zero-order valence-electron chi connectivity index (χ0n) is 20.1. The maximum atomic E-state index is 9.34. The molecule has 0 bridgehead atoms. The maximum absolute atomic E-state index is 9.34. The van der Waals surface area contributed by atoms with E-state index in [0.717, 1.165) is 24.9 Å². The van der Waals surface area contributed by atoms with Crippen LogP contribution in [0.15, 0.2) is 84.9 Å². The highest BCUT2D eigenvalue weighted by molar-refractivity contribution is 6.14. The average Bonchev–Trinajstić information content (AvgIpc) is 3.14. The third-order valence-electron chi connectivity index (χ3n) is 8.18. The summed E-state index contributed by atoms with van der Waals surface area (Å²) < 4.78 is 0. The summed E-state index contributed by atoms with van der Waals surface area (Å²) in [5.41, 5.74) is 9.97. The molecule has 2 aliphatic rings. The van der Waals surface area contributed by atoms with Crippen LogP contribution < -0.4 is 4.90 Å². The van der Waals surface area contributed by atoms with Gasteiger partial charge in [-0.25, -0.2) is 0 Å². The van der Waals surface area contributed by atoms with Gasteiger partial charge in [0.1, 0.15) is 0 Å². The van der Waals surface area contributed by atoms with Crippen LogP contribution in [0.2, 0.25) is 0 Å². The highest BCUT2D eigenvalue weighted by Gasteiger charge is 2.37. The lowest BCUT2D eigenvalue weighted by Crippen LogP contribution is -2.25. The Morgan fingerprint density at radius 1 is 0.800 bits per heavy atom. The molecule has 2 heteroatoms. The van der Waals surface area contributed by atoms with Crippen LogP contribution in [-0.4, -0.2) is 6.54 Å². The minimum absolute atomic E-state index is 0.0657. The van der Waals surface area contributed by atoms with E-state index in [1.807, 2.05) is 6.07 Å². The second-order valence-corrected chi connectivity index (χ2v) is 10.4. The van der Waals surface area contributed by atoms with Gasteiger partial charge in [0, 0.05) is 23.3 Å². The SMILES string of the molecule is CC1(C)c2cc(N3CCCc4cc(C#N)ccc43)ccc2-c2c1ccc1c2ccc2ccccc21. The molecular formula is C33H26N2. The molecule has 0 N–H and O–H groups in total. The lowest BCUT2D eigenvalue weighted by Gasteiger charge is -2.32. The number of anilines is 2. The molecule has 168 valence electrons. The molecule has 2 nitrogen and oxygen atoms in total. The quantitative estimate of drug-likeness (QED) is 0.240. The highest BCUT2D eigenvalue weighted by atomic mass is 15.1. The van der Waals surface area contributed by atoms with E-state index < -0.39 is 0 Å². The van der Waals surface area contributed by atoms with Crippen LogP contribution in [0.3, 0.4) is 0 Å². The molecule has 7 rings (SSSR count). The lowest BCUT2D eigenvalue weighted by molar-refractivity contribution is 0.660. The summed E-state index contributed by atoms with van der Waals surface area (Å²) in [4.78, 5) is 2.44. The Labute approximate surface area is 206 Å². The van der Waals surface area contributed by atoms with Gasteiger partial charge in [-0.15, -0.1) is 0 Å². The van der Waals surface area contributed by atoms with Crippen LogP contribution in [0.25, 0.3) is 32.7 Å². The summed E-state index contributed by atoms with van der Waals surface area (Å²) in [6.45, 7) is 5.72. The molecule has 1 aliphatic heterocycles.